The van der Waals surface area contributed by atoms with Gasteiger partial charge in [-0.25, -0.2) is 0 Å². The van der Waals surface area contributed by atoms with Crippen LogP contribution < -0.4 is 16.8 Å². The molecular formula is C15H17BrN3O+. The molecule has 0 bridgehead atoms. The average molecular weight is 335 g/mol. The van der Waals surface area contributed by atoms with Crippen molar-refractivity contribution in [2.75, 3.05) is 12.3 Å². The van der Waals surface area contributed by atoms with E-state index >= 15 is 0 Å². The number of carbonyl (C=O) groups excluding carboxylic acids is 1. The Morgan fingerprint density at radius 2 is 1.90 bits per heavy atom. The molecule has 4 nitrogen and oxygen atoms in total. The third-order valence-corrected chi connectivity index (χ3v) is 3.59. The quantitative estimate of drug-likeness (QED) is 0.717. The minimum absolute atomic E-state index is 0.0544. The third-order valence-electron chi connectivity index (χ3n) is 3.10. The number of nitrogens with two attached hydrogens (primary N) is 3. The van der Waals surface area contributed by atoms with Crippen LogP contribution >= 0.6 is 15.9 Å². The summed E-state index contributed by atoms with van der Waals surface area (Å²) in [4.78, 5) is 11.1. The summed E-state index contributed by atoms with van der Waals surface area (Å²) in [5, 5.41) is 1.90. The fraction of sp³-hybridized carbons (Fsp3) is 0.133. The lowest BCUT2D eigenvalue weighted by atomic mass is 9.97. The van der Waals surface area contributed by atoms with Gasteiger partial charge in [0.2, 0.25) is 0 Å². The Hall–Kier alpha value is -1.85. The highest BCUT2D eigenvalue weighted by Crippen LogP contribution is 2.26. The Labute approximate surface area is 126 Å². The summed E-state index contributed by atoms with van der Waals surface area (Å²) in [5.74, 6) is -0.348. The van der Waals surface area contributed by atoms with E-state index < -0.39 is 0 Å². The van der Waals surface area contributed by atoms with E-state index in [0.29, 0.717) is 5.69 Å². The molecule has 2 aromatic carbocycles. The minimum atomic E-state index is -0.348. The Morgan fingerprint density at radius 3 is 2.55 bits per heavy atom. The van der Waals surface area contributed by atoms with Crippen molar-refractivity contribution in [3.05, 3.63) is 64.1 Å². The molecule has 0 unspecified atom stereocenters. The molecule has 1 amide bonds. The summed E-state index contributed by atoms with van der Waals surface area (Å²) in [6, 6.07) is 15.6. The van der Waals surface area contributed by atoms with Gasteiger partial charge in [-0.1, -0.05) is 46.3 Å². The van der Waals surface area contributed by atoms with Gasteiger partial charge in [0.15, 0.2) is 6.54 Å². The number of quaternary nitrogens is 1. The summed E-state index contributed by atoms with van der Waals surface area (Å²) in [5.41, 5.74) is 14.1. The van der Waals surface area contributed by atoms with Gasteiger partial charge in [0.05, 0.1) is 0 Å². The SMILES string of the molecule is NC(=O)C[NH2+][C@H](c1ccccc1)c1cc(Br)ccc1N. The summed E-state index contributed by atoms with van der Waals surface area (Å²) in [6.07, 6.45) is 0. The average Bonchev–Trinajstić information content (AvgIpc) is 2.43. The van der Waals surface area contributed by atoms with Gasteiger partial charge in [0.25, 0.3) is 5.91 Å². The first-order chi connectivity index (χ1) is 9.58. The van der Waals surface area contributed by atoms with E-state index in [0.717, 1.165) is 15.6 Å². The fourth-order valence-electron chi connectivity index (χ4n) is 2.15. The number of hydrogen-bond donors (Lipinski definition) is 3. The Kier molecular flexibility index (Phi) is 4.76. The van der Waals surface area contributed by atoms with Gasteiger partial charge in [-0.05, 0) is 18.2 Å². The molecule has 0 aromatic heterocycles. The van der Waals surface area contributed by atoms with Gasteiger partial charge in [-0.2, -0.15) is 0 Å². The van der Waals surface area contributed by atoms with Crippen LogP contribution in [-0.2, 0) is 4.79 Å². The van der Waals surface area contributed by atoms with Crippen molar-refractivity contribution in [1.29, 1.82) is 0 Å². The van der Waals surface area contributed by atoms with E-state index in [1.165, 1.54) is 0 Å². The smallest absolute Gasteiger partial charge is 0.272 e. The van der Waals surface area contributed by atoms with E-state index in [1.807, 2.05) is 53.8 Å². The molecule has 0 heterocycles. The number of anilines is 1. The first-order valence-corrected chi connectivity index (χ1v) is 7.08. The maximum Gasteiger partial charge on any atom is 0.272 e. The number of primary amides is 1. The first kappa shape index (κ1) is 14.6. The third kappa shape index (κ3) is 3.59. The van der Waals surface area contributed by atoms with Crippen LogP contribution in [0.5, 0.6) is 0 Å². The lowest BCUT2D eigenvalue weighted by molar-refractivity contribution is -0.676. The maximum absolute atomic E-state index is 11.1. The highest BCUT2D eigenvalue weighted by Gasteiger charge is 2.20. The number of rotatable bonds is 5. The van der Waals surface area contributed by atoms with Gasteiger partial charge >= 0.3 is 0 Å². The van der Waals surface area contributed by atoms with Crippen LogP contribution in [0.2, 0.25) is 0 Å². The summed E-state index contributed by atoms with van der Waals surface area (Å²) in [7, 11) is 0. The number of hydrogen-bond acceptors (Lipinski definition) is 2. The van der Waals surface area contributed by atoms with Crippen molar-refractivity contribution >= 4 is 27.5 Å². The van der Waals surface area contributed by atoms with E-state index in [4.69, 9.17) is 11.5 Å². The molecule has 20 heavy (non-hydrogen) atoms. The van der Waals surface area contributed by atoms with Crippen molar-refractivity contribution in [2.45, 2.75) is 6.04 Å². The van der Waals surface area contributed by atoms with Crippen LogP contribution in [0.4, 0.5) is 5.69 Å². The lowest BCUT2D eigenvalue weighted by Gasteiger charge is -2.18. The van der Waals surface area contributed by atoms with E-state index in [1.54, 1.807) is 0 Å². The number of carbonyl (C=O) groups is 1. The lowest BCUT2D eigenvalue weighted by Crippen LogP contribution is -2.87. The molecule has 0 aliphatic carbocycles. The molecule has 0 radical (unpaired) electrons. The van der Waals surface area contributed by atoms with E-state index in [-0.39, 0.29) is 18.5 Å². The van der Waals surface area contributed by atoms with Crippen LogP contribution in [0.3, 0.4) is 0 Å². The molecule has 6 N–H and O–H groups in total. The second-order valence-electron chi connectivity index (χ2n) is 4.57. The van der Waals surface area contributed by atoms with Crippen LogP contribution in [0.15, 0.2) is 53.0 Å². The second kappa shape index (κ2) is 6.54. The van der Waals surface area contributed by atoms with Crippen LogP contribution in [0.25, 0.3) is 0 Å². The molecule has 0 aliphatic rings. The predicted molar refractivity (Wildman–Crippen MR) is 82.8 cm³/mol. The maximum atomic E-state index is 11.1. The van der Waals surface area contributed by atoms with Crippen molar-refractivity contribution in [3.8, 4) is 0 Å². The second-order valence-corrected chi connectivity index (χ2v) is 5.48. The van der Waals surface area contributed by atoms with Crippen molar-refractivity contribution in [1.82, 2.24) is 0 Å². The molecule has 0 spiro atoms. The minimum Gasteiger partial charge on any atom is -0.398 e. The topological polar surface area (TPSA) is 85.7 Å². The summed E-state index contributed by atoms with van der Waals surface area (Å²) < 4.78 is 0.954. The molecule has 2 rings (SSSR count). The van der Waals surface area contributed by atoms with Gasteiger partial charge in [-0.3, -0.25) is 4.79 Å². The molecule has 0 aliphatic heterocycles. The standard InChI is InChI=1S/C15H16BrN3O/c16-11-6-7-13(17)12(8-11)15(19-9-14(18)20)10-4-2-1-3-5-10/h1-8,15,19H,9,17H2,(H2,18,20)/p+1/t15-/m1/s1. The normalized spacial score (nSPS) is 12.1. The van der Waals surface area contributed by atoms with Gasteiger partial charge < -0.3 is 16.8 Å². The number of halogens is 1. The largest absolute Gasteiger partial charge is 0.398 e. The Bertz CT molecular complexity index is 601. The number of benzene rings is 2. The number of nitrogen functional groups attached to an aromatic ring is 1. The first-order valence-electron chi connectivity index (χ1n) is 6.29. The van der Waals surface area contributed by atoms with Crippen LogP contribution in [0, 0.1) is 0 Å². The molecule has 0 fully saturated rings. The summed E-state index contributed by atoms with van der Waals surface area (Å²) in [6.45, 7) is 0.214. The Morgan fingerprint density at radius 1 is 1.20 bits per heavy atom. The molecule has 2 aromatic rings. The zero-order valence-electron chi connectivity index (χ0n) is 10.9. The monoisotopic (exact) mass is 334 g/mol. The highest BCUT2D eigenvalue weighted by atomic mass is 79.9. The van der Waals surface area contributed by atoms with Crippen molar-refractivity contribution in [2.24, 2.45) is 5.73 Å². The van der Waals surface area contributed by atoms with Crippen molar-refractivity contribution in [3.63, 3.8) is 0 Å². The molecular weight excluding hydrogens is 318 g/mol. The fourth-order valence-corrected chi connectivity index (χ4v) is 2.53. The zero-order chi connectivity index (χ0) is 14.5. The molecule has 0 saturated carbocycles. The predicted octanol–water partition coefficient (Wildman–Crippen LogP) is 1.17. The van der Waals surface area contributed by atoms with Crippen molar-refractivity contribution < 1.29 is 10.1 Å². The molecule has 0 saturated heterocycles. The molecule has 5 heteroatoms. The van der Waals surface area contributed by atoms with Gasteiger partial charge in [0.1, 0.15) is 6.04 Å². The van der Waals surface area contributed by atoms with E-state index in [9.17, 15) is 4.79 Å². The number of amides is 1. The summed E-state index contributed by atoms with van der Waals surface area (Å²) >= 11 is 3.46. The van der Waals surface area contributed by atoms with Gasteiger partial charge in [0, 0.05) is 21.3 Å². The molecule has 1 atom stereocenters. The highest BCUT2D eigenvalue weighted by molar-refractivity contribution is 9.10. The Balaban J connectivity index is 2.40. The molecule has 104 valence electrons. The van der Waals surface area contributed by atoms with E-state index in [2.05, 4.69) is 15.9 Å². The van der Waals surface area contributed by atoms with Crippen LogP contribution in [-0.4, -0.2) is 12.5 Å². The van der Waals surface area contributed by atoms with Crippen LogP contribution in [0.1, 0.15) is 17.2 Å². The zero-order valence-corrected chi connectivity index (χ0v) is 12.5. The van der Waals surface area contributed by atoms with Gasteiger partial charge in [-0.15, -0.1) is 0 Å².